The molecule has 0 N–H and O–H groups in total. The maximum Gasteiger partial charge on any atom is 0.197 e. The van der Waals surface area contributed by atoms with E-state index in [1.807, 2.05) is 0 Å². The third-order valence-corrected chi connectivity index (χ3v) is 3.65. The van der Waals surface area contributed by atoms with Gasteiger partial charge in [-0.1, -0.05) is 46.9 Å². The van der Waals surface area contributed by atoms with Gasteiger partial charge in [-0.3, -0.25) is 9.59 Å². The minimum absolute atomic E-state index is 0.0346. The fourth-order valence-electron chi connectivity index (χ4n) is 1.65. The first-order valence-corrected chi connectivity index (χ1v) is 6.42. The molecule has 2 nitrogen and oxygen atoms in total. The second kappa shape index (κ2) is 5.74. The molecule has 0 unspecified atom stereocenters. The summed E-state index contributed by atoms with van der Waals surface area (Å²) in [7, 11) is 0. The molecule has 5 heteroatoms. The van der Waals surface area contributed by atoms with Gasteiger partial charge in [-0.15, -0.1) is 0 Å². The van der Waals surface area contributed by atoms with E-state index < -0.39 is 5.78 Å². The molecule has 0 aromatic heterocycles. The number of rotatable bonds is 3. The molecule has 96 valence electrons. The molecule has 0 fully saturated rings. The van der Waals surface area contributed by atoms with Crippen molar-refractivity contribution in [3.05, 3.63) is 68.2 Å². The molecule has 19 heavy (non-hydrogen) atoms. The fraction of sp³-hybridized carbons (Fsp3) is 0. The topological polar surface area (TPSA) is 34.1 Å². The number of aldehydes is 1. The minimum atomic E-state index is -0.413. The average molecular weight is 314 g/mol. The van der Waals surface area contributed by atoms with Crippen LogP contribution in [0.3, 0.4) is 0 Å². The molecule has 0 bridgehead atoms. The number of halogens is 3. The van der Waals surface area contributed by atoms with Crippen LogP contribution >= 0.6 is 34.8 Å². The van der Waals surface area contributed by atoms with Gasteiger partial charge in [0.25, 0.3) is 0 Å². The molecule has 0 heterocycles. The molecule has 2 rings (SSSR count). The molecular formula is C14H7Cl3O2. The zero-order valence-corrected chi connectivity index (χ0v) is 11.8. The van der Waals surface area contributed by atoms with Crippen LogP contribution in [-0.2, 0) is 0 Å². The van der Waals surface area contributed by atoms with Crippen LogP contribution in [0.15, 0.2) is 36.4 Å². The summed E-state index contributed by atoms with van der Waals surface area (Å²) in [6, 6.07) is 9.49. The summed E-state index contributed by atoms with van der Waals surface area (Å²) >= 11 is 18.0. The molecular weight excluding hydrogens is 307 g/mol. The maximum absolute atomic E-state index is 12.4. The van der Waals surface area contributed by atoms with E-state index in [1.165, 1.54) is 12.1 Å². The molecule has 0 radical (unpaired) electrons. The molecule has 0 aliphatic heterocycles. The molecule has 0 aliphatic rings. The second-order valence-corrected chi connectivity index (χ2v) is 4.94. The first-order chi connectivity index (χ1) is 9.06. The van der Waals surface area contributed by atoms with Crippen LogP contribution in [0, 0.1) is 0 Å². The van der Waals surface area contributed by atoms with Crippen LogP contribution in [0.4, 0.5) is 0 Å². The van der Waals surface area contributed by atoms with Crippen LogP contribution in [0.5, 0.6) is 0 Å². The third kappa shape index (κ3) is 2.66. The predicted molar refractivity (Wildman–Crippen MR) is 76.7 cm³/mol. The van der Waals surface area contributed by atoms with Crippen molar-refractivity contribution in [3.63, 3.8) is 0 Å². The van der Waals surface area contributed by atoms with Crippen molar-refractivity contribution in [2.45, 2.75) is 0 Å². The highest BCUT2D eigenvalue weighted by atomic mass is 35.5. The Hall–Kier alpha value is -1.35. The van der Waals surface area contributed by atoms with Gasteiger partial charge in [-0.25, -0.2) is 0 Å². The number of carbonyl (C=O) groups excluding carboxylic acids is 2. The number of carbonyl (C=O) groups is 2. The van der Waals surface area contributed by atoms with E-state index in [2.05, 4.69) is 0 Å². The molecule has 2 aromatic rings. The predicted octanol–water partition coefficient (Wildman–Crippen LogP) is 4.69. The Labute approximate surface area is 124 Å². The number of hydrogen-bond acceptors (Lipinski definition) is 2. The van der Waals surface area contributed by atoms with Crippen molar-refractivity contribution < 1.29 is 9.59 Å². The number of ketones is 1. The Bertz CT molecular complexity index is 666. The van der Waals surface area contributed by atoms with E-state index in [0.717, 1.165) is 0 Å². The Morgan fingerprint density at radius 1 is 0.947 bits per heavy atom. The van der Waals surface area contributed by atoms with Gasteiger partial charge < -0.3 is 0 Å². The van der Waals surface area contributed by atoms with Crippen molar-refractivity contribution in [2.75, 3.05) is 0 Å². The summed E-state index contributed by atoms with van der Waals surface area (Å²) in [4.78, 5) is 23.3. The summed E-state index contributed by atoms with van der Waals surface area (Å²) in [5, 5.41) is 0.518. The van der Waals surface area contributed by atoms with Crippen molar-refractivity contribution in [3.8, 4) is 0 Å². The van der Waals surface area contributed by atoms with Gasteiger partial charge in [0.1, 0.15) is 0 Å². The molecule has 0 saturated carbocycles. The monoisotopic (exact) mass is 312 g/mol. The van der Waals surface area contributed by atoms with Gasteiger partial charge in [0.2, 0.25) is 0 Å². The zero-order valence-electron chi connectivity index (χ0n) is 9.49. The second-order valence-electron chi connectivity index (χ2n) is 3.75. The van der Waals surface area contributed by atoms with Crippen molar-refractivity contribution in [1.29, 1.82) is 0 Å². The molecule has 0 amide bonds. The lowest BCUT2D eigenvalue weighted by atomic mass is 10.0. The zero-order chi connectivity index (χ0) is 14.0. The largest absolute Gasteiger partial charge is 0.298 e. The van der Waals surface area contributed by atoms with E-state index in [1.54, 1.807) is 24.3 Å². The van der Waals surface area contributed by atoms with E-state index in [0.29, 0.717) is 11.3 Å². The van der Waals surface area contributed by atoms with Crippen molar-refractivity contribution in [1.82, 2.24) is 0 Å². The lowest BCUT2D eigenvalue weighted by molar-refractivity contribution is 0.103. The standard InChI is InChI=1S/C14H7Cl3O2/c15-10-4-2-1-3-9(10)14(19)12-11(16)6-5-8(7-18)13(12)17/h1-7H. The number of benzene rings is 2. The van der Waals surface area contributed by atoms with Crippen molar-refractivity contribution >= 4 is 46.9 Å². The third-order valence-electron chi connectivity index (χ3n) is 2.59. The lowest BCUT2D eigenvalue weighted by Crippen LogP contribution is -2.05. The summed E-state index contributed by atoms with van der Waals surface area (Å²) in [6.45, 7) is 0. The number of hydrogen-bond donors (Lipinski definition) is 0. The quantitative estimate of drug-likeness (QED) is 0.608. The Balaban J connectivity index is 2.63. The first-order valence-electron chi connectivity index (χ1n) is 5.28. The summed E-state index contributed by atoms with van der Waals surface area (Å²) < 4.78 is 0. The van der Waals surface area contributed by atoms with Gasteiger partial charge in [0.05, 0.1) is 20.6 Å². The van der Waals surface area contributed by atoms with E-state index in [4.69, 9.17) is 34.8 Å². The van der Waals surface area contributed by atoms with Crippen LogP contribution in [0.1, 0.15) is 26.3 Å². The molecule has 0 spiro atoms. The highest BCUT2D eigenvalue weighted by Crippen LogP contribution is 2.31. The first kappa shape index (κ1) is 14.1. The maximum atomic E-state index is 12.4. The highest BCUT2D eigenvalue weighted by molar-refractivity contribution is 6.43. The van der Waals surface area contributed by atoms with Crippen LogP contribution < -0.4 is 0 Å². The van der Waals surface area contributed by atoms with Gasteiger partial charge in [0, 0.05) is 11.1 Å². The van der Waals surface area contributed by atoms with Gasteiger partial charge in [-0.2, -0.15) is 0 Å². The Morgan fingerprint density at radius 3 is 2.26 bits per heavy atom. The van der Waals surface area contributed by atoms with Gasteiger partial charge in [0.15, 0.2) is 12.1 Å². The fourth-order valence-corrected chi connectivity index (χ4v) is 2.46. The SMILES string of the molecule is O=Cc1ccc(Cl)c(C(=O)c2ccccc2Cl)c1Cl. The van der Waals surface area contributed by atoms with Crippen LogP contribution in [0.2, 0.25) is 15.1 Å². The smallest absolute Gasteiger partial charge is 0.197 e. The molecule has 2 aromatic carbocycles. The average Bonchev–Trinajstić information content (AvgIpc) is 2.39. The summed E-state index contributed by atoms with van der Waals surface area (Å²) in [6.07, 6.45) is 0.571. The summed E-state index contributed by atoms with van der Waals surface area (Å²) in [5.74, 6) is -0.413. The molecule has 0 atom stereocenters. The van der Waals surface area contributed by atoms with Crippen LogP contribution in [0.25, 0.3) is 0 Å². The Morgan fingerprint density at radius 2 is 1.63 bits per heavy atom. The Kier molecular flexibility index (Phi) is 4.25. The van der Waals surface area contributed by atoms with Crippen molar-refractivity contribution in [2.24, 2.45) is 0 Å². The van der Waals surface area contributed by atoms with E-state index in [9.17, 15) is 9.59 Å². The van der Waals surface area contributed by atoms with Gasteiger partial charge >= 0.3 is 0 Å². The minimum Gasteiger partial charge on any atom is -0.298 e. The van der Waals surface area contributed by atoms with Gasteiger partial charge in [-0.05, 0) is 24.3 Å². The van der Waals surface area contributed by atoms with E-state index >= 15 is 0 Å². The highest BCUT2D eigenvalue weighted by Gasteiger charge is 2.20. The summed E-state index contributed by atoms with van der Waals surface area (Å²) in [5.41, 5.74) is 0.582. The van der Waals surface area contributed by atoms with E-state index in [-0.39, 0.29) is 26.7 Å². The van der Waals surface area contributed by atoms with Crippen LogP contribution in [-0.4, -0.2) is 12.1 Å². The lowest BCUT2D eigenvalue weighted by Gasteiger charge is -2.09. The normalized spacial score (nSPS) is 10.3. The molecule has 0 aliphatic carbocycles. The molecule has 0 saturated heterocycles.